The highest BCUT2D eigenvalue weighted by molar-refractivity contribution is 6.15. The summed E-state index contributed by atoms with van der Waals surface area (Å²) in [5.74, 6) is -1.67. The molecule has 0 atom stereocenters. The molecule has 4 rings (SSSR count). The monoisotopic (exact) mass is 254 g/mol. The van der Waals surface area contributed by atoms with Gasteiger partial charge in [-0.1, -0.05) is 42.5 Å². The van der Waals surface area contributed by atoms with E-state index < -0.39 is 11.6 Å². The van der Waals surface area contributed by atoms with Crippen LogP contribution in [-0.2, 0) is 0 Å². The van der Waals surface area contributed by atoms with E-state index in [0.29, 0.717) is 21.9 Å². The maximum Gasteiger partial charge on any atom is 0.171 e. The third-order valence-corrected chi connectivity index (χ3v) is 3.42. The summed E-state index contributed by atoms with van der Waals surface area (Å²) in [6.45, 7) is 0. The van der Waals surface area contributed by atoms with Gasteiger partial charge in [-0.2, -0.15) is 0 Å². The van der Waals surface area contributed by atoms with Crippen molar-refractivity contribution in [1.29, 1.82) is 0 Å². The number of para-hydroxylation sites is 1. The smallest absolute Gasteiger partial charge is 0.171 e. The Labute approximate surface area is 107 Å². The van der Waals surface area contributed by atoms with Gasteiger partial charge in [0.1, 0.15) is 11.2 Å². The molecular weight excluding hydrogens is 246 g/mol. The van der Waals surface area contributed by atoms with Gasteiger partial charge in [0, 0.05) is 16.2 Å². The Kier molecular flexibility index (Phi) is 1.96. The Morgan fingerprint density at radius 1 is 0.684 bits per heavy atom. The summed E-state index contributed by atoms with van der Waals surface area (Å²) in [7, 11) is 0. The Bertz CT molecular complexity index is 938. The van der Waals surface area contributed by atoms with Gasteiger partial charge in [-0.05, 0) is 6.07 Å². The number of furan rings is 1. The number of benzene rings is 3. The quantitative estimate of drug-likeness (QED) is 0.429. The maximum atomic E-state index is 14.3. The molecule has 0 aliphatic rings. The summed E-state index contributed by atoms with van der Waals surface area (Å²) in [6.07, 6.45) is 0. The number of halogens is 2. The predicted molar refractivity (Wildman–Crippen MR) is 71.1 cm³/mol. The molecule has 19 heavy (non-hydrogen) atoms. The Morgan fingerprint density at radius 2 is 1.32 bits per heavy atom. The summed E-state index contributed by atoms with van der Waals surface area (Å²) in [5.41, 5.74) is 0.961. The van der Waals surface area contributed by atoms with Gasteiger partial charge in [0.15, 0.2) is 11.6 Å². The average molecular weight is 254 g/mol. The van der Waals surface area contributed by atoms with Crippen LogP contribution in [0.3, 0.4) is 0 Å². The molecule has 0 N–H and O–H groups in total. The molecule has 3 aromatic carbocycles. The number of fused-ring (bicyclic) bond motifs is 5. The van der Waals surface area contributed by atoms with Crippen molar-refractivity contribution in [3.05, 3.63) is 60.2 Å². The van der Waals surface area contributed by atoms with Crippen molar-refractivity contribution in [2.45, 2.75) is 0 Å². The van der Waals surface area contributed by atoms with Gasteiger partial charge < -0.3 is 4.42 Å². The van der Waals surface area contributed by atoms with Crippen molar-refractivity contribution in [2.75, 3.05) is 0 Å². The predicted octanol–water partition coefficient (Wildman–Crippen LogP) is 5.02. The molecule has 0 fully saturated rings. The first-order valence-electron chi connectivity index (χ1n) is 5.94. The normalized spacial score (nSPS) is 11.7. The van der Waals surface area contributed by atoms with Crippen LogP contribution in [0, 0.1) is 11.6 Å². The van der Waals surface area contributed by atoms with Crippen molar-refractivity contribution < 1.29 is 13.2 Å². The molecule has 3 heteroatoms. The average Bonchev–Trinajstić information content (AvgIpc) is 2.84. The molecular formula is C16H8F2O. The first-order chi connectivity index (χ1) is 9.27. The van der Waals surface area contributed by atoms with Gasteiger partial charge in [-0.3, -0.25) is 0 Å². The third kappa shape index (κ3) is 1.27. The second kappa shape index (κ2) is 3.54. The third-order valence-electron chi connectivity index (χ3n) is 3.42. The molecule has 92 valence electrons. The van der Waals surface area contributed by atoms with E-state index in [1.54, 1.807) is 48.5 Å². The number of rotatable bonds is 0. The largest absolute Gasteiger partial charge is 0.455 e. The first kappa shape index (κ1) is 10.5. The lowest BCUT2D eigenvalue weighted by Crippen LogP contribution is -1.88. The second-order valence-electron chi connectivity index (χ2n) is 4.48. The van der Waals surface area contributed by atoms with Crippen LogP contribution in [0.2, 0.25) is 0 Å². The molecule has 1 nitrogen and oxygen atoms in total. The number of hydrogen-bond acceptors (Lipinski definition) is 1. The van der Waals surface area contributed by atoms with Crippen LogP contribution in [0.5, 0.6) is 0 Å². The molecule has 0 saturated carbocycles. The lowest BCUT2D eigenvalue weighted by atomic mass is 10.0. The Morgan fingerprint density at radius 3 is 2.11 bits per heavy atom. The van der Waals surface area contributed by atoms with Crippen LogP contribution in [0.1, 0.15) is 0 Å². The minimum Gasteiger partial charge on any atom is -0.455 e. The van der Waals surface area contributed by atoms with Gasteiger partial charge in [0.2, 0.25) is 0 Å². The van der Waals surface area contributed by atoms with E-state index in [0.717, 1.165) is 0 Å². The summed E-state index contributed by atoms with van der Waals surface area (Å²) in [5, 5.41) is 1.64. The minimum atomic E-state index is -0.848. The van der Waals surface area contributed by atoms with E-state index >= 15 is 0 Å². The van der Waals surface area contributed by atoms with Gasteiger partial charge in [0.25, 0.3) is 0 Å². The van der Waals surface area contributed by atoms with Gasteiger partial charge in [-0.25, -0.2) is 8.78 Å². The highest BCUT2D eigenvalue weighted by Crippen LogP contribution is 2.37. The maximum absolute atomic E-state index is 14.3. The summed E-state index contributed by atoms with van der Waals surface area (Å²) in [6, 6.07) is 13.8. The van der Waals surface area contributed by atoms with Crippen LogP contribution >= 0.6 is 0 Å². The van der Waals surface area contributed by atoms with Crippen LogP contribution in [0.15, 0.2) is 52.9 Å². The summed E-state index contributed by atoms with van der Waals surface area (Å²) >= 11 is 0. The fourth-order valence-electron chi connectivity index (χ4n) is 2.55. The highest BCUT2D eigenvalue weighted by atomic mass is 19.2. The molecule has 0 amide bonds. The van der Waals surface area contributed by atoms with Crippen LogP contribution < -0.4 is 0 Å². The minimum absolute atomic E-state index is 0.215. The molecule has 1 heterocycles. The van der Waals surface area contributed by atoms with Crippen LogP contribution in [-0.4, -0.2) is 0 Å². The molecule has 4 aromatic rings. The lowest BCUT2D eigenvalue weighted by molar-refractivity contribution is 0.524. The Balaban J connectivity index is 2.41. The molecule has 0 unspecified atom stereocenters. The molecule has 1 aromatic heterocycles. The fraction of sp³-hybridized carbons (Fsp3) is 0. The molecule has 0 spiro atoms. The van der Waals surface area contributed by atoms with Crippen molar-refractivity contribution in [2.24, 2.45) is 0 Å². The first-order valence-corrected chi connectivity index (χ1v) is 5.94. The standard InChI is InChI=1S/C16H8F2O/c17-14-9-5-1-2-6-10(9)16-13(15(14)18)11-7-3-4-8-12(11)19-16/h1-8H. The molecule has 0 aliphatic heterocycles. The van der Waals surface area contributed by atoms with Crippen molar-refractivity contribution >= 4 is 32.7 Å². The van der Waals surface area contributed by atoms with E-state index in [1.165, 1.54) is 0 Å². The van der Waals surface area contributed by atoms with Crippen molar-refractivity contribution in [3.63, 3.8) is 0 Å². The fourth-order valence-corrected chi connectivity index (χ4v) is 2.55. The van der Waals surface area contributed by atoms with E-state index in [1.807, 2.05) is 0 Å². The number of hydrogen-bond donors (Lipinski definition) is 0. The van der Waals surface area contributed by atoms with Crippen molar-refractivity contribution in [1.82, 2.24) is 0 Å². The molecule has 0 aliphatic carbocycles. The molecule has 0 bridgehead atoms. The summed E-state index contributed by atoms with van der Waals surface area (Å²) in [4.78, 5) is 0. The van der Waals surface area contributed by atoms with Gasteiger partial charge >= 0.3 is 0 Å². The zero-order chi connectivity index (χ0) is 13.0. The van der Waals surface area contributed by atoms with Gasteiger partial charge in [0.05, 0.1) is 5.39 Å². The van der Waals surface area contributed by atoms with Crippen LogP contribution in [0.25, 0.3) is 32.7 Å². The highest BCUT2D eigenvalue weighted by Gasteiger charge is 2.19. The SMILES string of the molecule is Fc1c(F)c2c3ccccc3oc2c2ccccc12. The van der Waals surface area contributed by atoms with E-state index in [2.05, 4.69) is 0 Å². The molecule has 0 saturated heterocycles. The van der Waals surface area contributed by atoms with E-state index in [9.17, 15) is 8.78 Å². The Hall–Kier alpha value is -2.42. The van der Waals surface area contributed by atoms with E-state index in [-0.39, 0.29) is 10.8 Å². The second-order valence-corrected chi connectivity index (χ2v) is 4.48. The zero-order valence-electron chi connectivity index (χ0n) is 9.78. The topological polar surface area (TPSA) is 13.1 Å². The van der Waals surface area contributed by atoms with Crippen LogP contribution in [0.4, 0.5) is 8.78 Å². The summed E-state index contributed by atoms with van der Waals surface area (Å²) < 4.78 is 34.1. The zero-order valence-corrected chi connectivity index (χ0v) is 9.78. The van der Waals surface area contributed by atoms with Gasteiger partial charge in [-0.15, -0.1) is 0 Å². The molecule has 0 radical (unpaired) electrons. The van der Waals surface area contributed by atoms with Crippen molar-refractivity contribution in [3.8, 4) is 0 Å². The van der Waals surface area contributed by atoms with E-state index in [4.69, 9.17) is 4.42 Å². The lowest BCUT2D eigenvalue weighted by Gasteiger charge is -2.02.